The van der Waals surface area contributed by atoms with Gasteiger partial charge < -0.3 is 14.8 Å². The maximum absolute atomic E-state index is 12.9. The Balaban J connectivity index is 1.44. The number of nitrogens with zero attached hydrogens (tertiary/aromatic N) is 2. The molecule has 2 aromatic heterocycles. The summed E-state index contributed by atoms with van der Waals surface area (Å²) in [6, 6.07) is 16.3. The number of nitrogens with one attached hydrogen (secondary N) is 1. The maximum Gasteiger partial charge on any atom is 0.341 e. The summed E-state index contributed by atoms with van der Waals surface area (Å²) in [5, 5.41) is 4.99. The van der Waals surface area contributed by atoms with Crippen LogP contribution in [0, 0.1) is 0 Å². The van der Waals surface area contributed by atoms with Crippen molar-refractivity contribution in [2.45, 2.75) is 26.4 Å². The van der Waals surface area contributed by atoms with Crippen LogP contribution < -0.4 is 10.1 Å². The molecule has 170 valence electrons. The highest BCUT2D eigenvalue weighted by molar-refractivity contribution is 7.23. The van der Waals surface area contributed by atoms with Gasteiger partial charge in [-0.1, -0.05) is 41.7 Å². The summed E-state index contributed by atoms with van der Waals surface area (Å²) in [5.41, 5.74) is 3.96. The van der Waals surface area contributed by atoms with Gasteiger partial charge in [-0.2, -0.15) is 0 Å². The van der Waals surface area contributed by atoms with E-state index in [0.29, 0.717) is 12.2 Å². The molecule has 8 heteroatoms. The lowest BCUT2D eigenvalue weighted by molar-refractivity contribution is 0.0526. The standard InChI is InChI=1S/C25H25N3O3S2/c1-3-31-24(29)22-18-11-12-28(14-16-7-5-4-6-8-16)15-21(18)32-23(22)27-25-26-19-10-9-17(30-2)13-20(19)33-25/h4-10,13H,3,11-12,14-15H2,1-2H3,(H,26,27). The molecule has 0 saturated heterocycles. The highest BCUT2D eigenvalue weighted by Crippen LogP contribution is 2.41. The van der Waals surface area contributed by atoms with Gasteiger partial charge in [0, 0.05) is 24.5 Å². The predicted octanol–water partition coefficient (Wildman–Crippen LogP) is 5.85. The van der Waals surface area contributed by atoms with E-state index >= 15 is 0 Å². The Morgan fingerprint density at radius 1 is 1.18 bits per heavy atom. The van der Waals surface area contributed by atoms with Gasteiger partial charge in [0.05, 0.1) is 29.5 Å². The van der Waals surface area contributed by atoms with Crippen LogP contribution in [0.3, 0.4) is 0 Å². The van der Waals surface area contributed by atoms with Crippen molar-refractivity contribution < 1.29 is 14.3 Å². The van der Waals surface area contributed by atoms with Gasteiger partial charge in [0.1, 0.15) is 10.8 Å². The van der Waals surface area contributed by atoms with Crippen molar-refractivity contribution in [2.24, 2.45) is 0 Å². The summed E-state index contributed by atoms with van der Waals surface area (Å²) in [6.45, 7) is 4.82. The second-order valence-corrected chi connectivity index (χ2v) is 9.99. The fourth-order valence-corrected chi connectivity index (χ4v) is 6.36. The molecule has 33 heavy (non-hydrogen) atoms. The number of hydrogen-bond acceptors (Lipinski definition) is 8. The van der Waals surface area contributed by atoms with Crippen molar-refractivity contribution >= 4 is 49.0 Å². The van der Waals surface area contributed by atoms with E-state index in [1.165, 1.54) is 10.4 Å². The van der Waals surface area contributed by atoms with Crippen LogP contribution >= 0.6 is 22.7 Å². The molecule has 0 bridgehead atoms. The maximum atomic E-state index is 12.9. The number of fused-ring (bicyclic) bond motifs is 2. The number of carbonyl (C=O) groups excluding carboxylic acids is 1. The summed E-state index contributed by atoms with van der Waals surface area (Å²) in [5.74, 6) is 0.534. The van der Waals surface area contributed by atoms with Crippen molar-refractivity contribution in [3.05, 3.63) is 70.1 Å². The Morgan fingerprint density at radius 3 is 2.82 bits per heavy atom. The molecule has 3 heterocycles. The van der Waals surface area contributed by atoms with E-state index in [-0.39, 0.29) is 5.97 Å². The van der Waals surface area contributed by atoms with E-state index in [1.54, 1.807) is 29.8 Å². The zero-order valence-corrected chi connectivity index (χ0v) is 20.2. The number of anilines is 2. The van der Waals surface area contributed by atoms with Crippen LogP contribution in [0.15, 0.2) is 48.5 Å². The number of carbonyl (C=O) groups is 1. The van der Waals surface area contributed by atoms with Gasteiger partial charge in [-0.15, -0.1) is 11.3 Å². The zero-order chi connectivity index (χ0) is 22.8. The van der Waals surface area contributed by atoms with Gasteiger partial charge in [-0.3, -0.25) is 4.90 Å². The number of aromatic nitrogens is 1. The van der Waals surface area contributed by atoms with Crippen LogP contribution in [-0.2, 0) is 24.2 Å². The Kier molecular flexibility index (Phi) is 6.30. The third-order valence-corrected chi connectivity index (χ3v) is 7.75. The number of rotatable bonds is 7. The van der Waals surface area contributed by atoms with Gasteiger partial charge in [0.25, 0.3) is 0 Å². The molecule has 0 saturated carbocycles. The fraction of sp³-hybridized carbons (Fsp3) is 0.280. The van der Waals surface area contributed by atoms with Crippen molar-refractivity contribution in [2.75, 3.05) is 25.6 Å². The van der Waals surface area contributed by atoms with Crippen LogP contribution in [0.4, 0.5) is 10.1 Å². The average molecular weight is 480 g/mol. The van der Waals surface area contributed by atoms with E-state index in [4.69, 9.17) is 14.5 Å². The summed E-state index contributed by atoms with van der Waals surface area (Å²) in [6.07, 6.45) is 0.825. The zero-order valence-electron chi connectivity index (χ0n) is 18.6. The van der Waals surface area contributed by atoms with Crippen molar-refractivity contribution in [3.8, 4) is 5.75 Å². The molecular weight excluding hydrogens is 454 g/mol. The van der Waals surface area contributed by atoms with Crippen LogP contribution in [-0.4, -0.2) is 36.1 Å². The molecule has 4 aromatic rings. The lowest BCUT2D eigenvalue weighted by Crippen LogP contribution is -2.29. The topological polar surface area (TPSA) is 63.7 Å². The normalized spacial score (nSPS) is 13.6. The number of ether oxygens (including phenoxy) is 2. The number of benzene rings is 2. The molecule has 0 fully saturated rings. The first-order chi connectivity index (χ1) is 16.1. The molecule has 0 unspecified atom stereocenters. The van der Waals surface area contributed by atoms with Crippen LogP contribution in [0.5, 0.6) is 5.75 Å². The quantitative estimate of drug-likeness (QED) is 0.336. The predicted molar refractivity (Wildman–Crippen MR) is 134 cm³/mol. The highest BCUT2D eigenvalue weighted by atomic mass is 32.1. The van der Waals surface area contributed by atoms with Crippen LogP contribution in [0.25, 0.3) is 10.2 Å². The molecule has 0 atom stereocenters. The average Bonchev–Trinajstić information content (AvgIpc) is 3.39. The Labute approximate surface area is 200 Å². The molecule has 2 aromatic carbocycles. The van der Waals surface area contributed by atoms with Crippen molar-refractivity contribution in [1.29, 1.82) is 0 Å². The van der Waals surface area contributed by atoms with E-state index in [0.717, 1.165) is 57.7 Å². The molecule has 5 rings (SSSR count). The first-order valence-electron chi connectivity index (χ1n) is 10.9. The van der Waals surface area contributed by atoms with E-state index in [9.17, 15) is 4.79 Å². The minimum Gasteiger partial charge on any atom is -0.497 e. The summed E-state index contributed by atoms with van der Waals surface area (Å²) in [4.78, 5) is 21.3. The lowest BCUT2D eigenvalue weighted by atomic mass is 10.0. The van der Waals surface area contributed by atoms with Crippen molar-refractivity contribution in [3.63, 3.8) is 0 Å². The smallest absolute Gasteiger partial charge is 0.341 e. The number of thiophene rings is 1. The molecule has 6 nitrogen and oxygen atoms in total. The summed E-state index contributed by atoms with van der Waals surface area (Å²) < 4.78 is 11.8. The van der Waals surface area contributed by atoms with Gasteiger partial charge in [-0.05, 0) is 42.7 Å². The molecule has 0 aliphatic carbocycles. The van der Waals surface area contributed by atoms with E-state index in [2.05, 4.69) is 34.5 Å². The Bertz CT molecular complexity index is 1280. The lowest BCUT2D eigenvalue weighted by Gasteiger charge is -2.27. The van der Waals surface area contributed by atoms with Gasteiger partial charge in [0.15, 0.2) is 5.13 Å². The number of thiazole rings is 1. The second kappa shape index (κ2) is 9.51. The van der Waals surface area contributed by atoms with Crippen LogP contribution in [0.2, 0.25) is 0 Å². The van der Waals surface area contributed by atoms with Gasteiger partial charge >= 0.3 is 5.97 Å². The fourth-order valence-electron chi connectivity index (χ4n) is 4.12. The van der Waals surface area contributed by atoms with Gasteiger partial charge in [0.2, 0.25) is 0 Å². The van der Waals surface area contributed by atoms with E-state index in [1.807, 2.05) is 31.2 Å². The van der Waals surface area contributed by atoms with E-state index < -0.39 is 0 Å². The van der Waals surface area contributed by atoms with Gasteiger partial charge in [-0.25, -0.2) is 9.78 Å². The molecule has 1 N–H and O–H groups in total. The Morgan fingerprint density at radius 2 is 2.03 bits per heavy atom. The third-order valence-electron chi connectivity index (χ3n) is 5.68. The molecule has 1 aliphatic heterocycles. The second-order valence-electron chi connectivity index (χ2n) is 7.85. The van der Waals surface area contributed by atoms with Crippen molar-refractivity contribution in [1.82, 2.24) is 9.88 Å². The SMILES string of the molecule is CCOC(=O)c1c(Nc2nc3ccc(OC)cc3s2)sc2c1CCN(Cc1ccccc1)C2. The summed E-state index contributed by atoms with van der Waals surface area (Å²) >= 11 is 3.18. The summed E-state index contributed by atoms with van der Waals surface area (Å²) in [7, 11) is 1.66. The number of hydrogen-bond donors (Lipinski definition) is 1. The molecular formula is C25H25N3O3S2. The molecule has 1 aliphatic rings. The molecule has 0 amide bonds. The largest absolute Gasteiger partial charge is 0.497 e. The third kappa shape index (κ3) is 4.59. The van der Waals surface area contributed by atoms with Crippen LogP contribution in [0.1, 0.15) is 33.3 Å². The number of esters is 1. The molecule has 0 radical (unpaired) electrons. The monoisotopic (exact) mass is 479 g/mol. The first kappa shape index (κ1) is 21.9. The number of methoxy groups -OCH3 is 1. The minimum atomic E-state index is -0.267. The highest BCUT2D eigenvalue weighted by Gasteiger charge is 2.29. The molecule has 0 spiro atoms. The first-order valence-corrected chi connectivity index (χ1v) is 12.6. The Hall–Kier alpha value is -2.94. The minimum absolute atomic E-state index is 0.267.